The molecule has 7 rings (SSSR count). The van der Waals surface area contributed by atoms with Crippen LogP contribution in [-0.4, -0.2) is 37.4 Å². The number of halogens is 2. The minimum absolute atomic E-state index is 0.0435. The molecule has 3 heterocycles. The summed E-state index contributed by atoms with van der Waals surface area (Å²) < 4.78 is 58.2. The van der Waals surface area contributed by atoms with Crippen LogP contribution < -0.4 is 29.6 Å². The van der Waals surface area contributed by atoms with Crippen molar-refractivity contribution in [1.82, 2.24) is 4.44 Å². The van der Waals surface area contributed by atoms with E-state index in [1.165, 1.54) is 12.1 Å². The largest absolute Gasteiger partial charge is 0.486 e. The van der Waals surface area contributed by atoms with E-state index in [1.54, 1.807) is 12.1 Å². The van der Waals surface area contributed by atoms with Crippen molar-refractivity contribution >= 4 is 26.1 Å². The Morgan fingerprint density at radius 2 is 1.15 bits per heavy atom. The lowest BCUT2D eigenvalue weighted by Gasteiger charge is -2.49. The molecular formula is C37H39F2NO4P2. The van der Waals surface area contributed by atoms with Crippen LogP contribution in [0.3, 0.4) is 0 Å². The van der Waals surface area contributed by atoms with Crippen molar-refractivity contribution in [3.8, 4) is 23.0 Å². The average Bonchev–Trinajstić information content (AvgIpc) is 3.44. The molecule has 3 aliphatic rings. The van der Waals surface area contributed by atoms with Crippen LogP contribution in [0.25, 0.3) is 0 Å². The molecule has 9 heteroatoms. The maximum atomic E-state index is 16.0. The molecule has 0 bridgehead atoms. The topological polar surface area (TPSA) is 40.2 Å². The van der Waals surface area contributed by atoms with E-state index >= 15 is 8.78 Å². The van der Waals surface area contributed by atoms with Gasteiger partial charge in [-0.3, -0.25) is 0 Å². The van der Waals surface area contributed by atoms with Gasteiger partial charge in [0.25, 0.3) is 0 Å². The quantitative estimate of drug-likeness (QED) is 0.132. The Hall–Kier alpha value is -3.24. The molecule has 0 N–H and O–H groups in total. The molecule has 0 unspecified atom stereocenters. The summed E-state index contributed by atoms with van der Waals surface area (Å²) in [4.78, 5) is 0. The Kier molecular flexibility index (Phi) is 9.19. The Morgan fingerprint density at radius 3 is 1.61 bits per heavy atom. The summed E-state index contributed by atoms with van der Waals surface area (Å²) in [5.74, 6) is 2.32. The smallest absolute Gasteiger partial charge is 0.161 e. The lowest BCUT2D eigenvalue weighted by atomic mass is 10.0. The molecule has 2 atom stereocenters. The Morgan fingerprint density at radius 1 is 0.696 bits per heavy atom. The second kappa shape index (κ2) is 13.5. The first-order valence-corrected chi connectivity index (χ1v) is 19.4. The van der Waals surface area contributed by atoms with Crippen LogP contribution in [0.15, 0.2) is 84.9 Å². The molecule has 4 aromatic carbocycles. The number of rotatable bonds is 9. The maximum absolute atomic E-state index is 16.0. The van der Waals surface area contributed by atoms with Crippen molar-refractivity contribution in [2.45, 2.75) is 43.9 Å². The third-order valence-electron chi connectivity index (χ3n) is 9.23. The lowest BCUT2D eigenvalue weighted by Crippen LogP contribution is -2.33. The first-order valence-electron chi connectivity index (χ1n) is 16.1. The van der Waals surface area contributed by atoms with E-state index in [4.69, 9.17) is 25.6 Å². The molecule has 46 heavy (non-hydrogen) atoms. The first-order chi connectivity index (χ1) is 22.5. The summed E-state index contributed by atoms with van der Waals surface area (Å²) in [6.45, 7) is 10.1. The SMILES string of the molecule is [CH2-][P+]1(N(CCCC)P(c2ccccc2F)c2ccccc2F)[C@H](c2ccc3c(c2)OCCO3)CC[C@H]1c1ccc2c(c1)OCCO2. The fraction of sp³-hybridized carbons (Fsp3) is 0.324. The standard InChI is InChI=1S/C37H39F2NO4P2/c1-3-4-19-40(45(34-11-7-5-9-28(34)38)35-12-8-6-10-29(35)39)46(2)36(26-13-15-30-32(24-26)43-22-20-41-30)17-18-37(46)27-14-16-31-33(25-27)44-23-21-42-31/h5-16,24-25,36-37H,2-4,17-23H2,1H3/t36-,37-/m0/s1. The van der Waals surface area contributed by atoms with Crippen LogP contribution in [0.2, 0.25) is 0 Å². The molecule has 5 nitrogen and oxygen atoms in total. The zero-order valence-electron chi connectivity index (χ0n) is 26.0. The molecule has 240 valence electrons. The second-order valence-electron chi connectivity index (χ2n) is 12.0. The van der Waals surface area contributed by atoms with Crippen LogP contribution in [0.1, 0.15) is 55.1 Å². The zero-order valence-corrected chi connectivity index (χ0v) is 27.8. The monoisotopic (exact) mass is 661 g/mol. The predicted octanol–water partition coefficient (Wildman–Crippen LogP) is 8.96. The highest BCUT2D eigenvalue weighted by atomic mass is 31.2. The van der Waals surface area contributed by atoms with Crippen LogP contribution in [-0.2, 0) is 0 Å². The number of fused-ring (bicyclic) bond motifs is 2. The molecule has 3 aliphatic heterocycles. The van der Waals surface area contributed by atoms with E-state index in [0.29, 0.717) is 43.6 Å². The van der Waals surface area contributed by atoms with Gasteiger partial charge in [0.15, 0.2) is 23.0 Å². The molecule has 0 spiro atoms. The van der Waals surface area contributed by atoms with Crippen molar-refractivity contribution in [1.29, 1.82) is 0 Å². The normalized spacial score (nSPS) is 19.9. The highest BCUT2D eigenvalue weighted by Crippen LogP contribution is 2.89. The number of nitrogens with zero attached hydrogens (tertiary/aromatic N) is 1. The predicted molar refractivity (Wildman–Crippen MR) is 182 cm³/mol. The minimum Gasteiger partial charge on any atom is -0.486 e. The number of hydrogen-bond acceptors (Lipinski definition) is 5. The molecule has 0 saturated carbocycles. The van der Waals surface area contributed by atoms with E-state index < -0.39 is 15.5 Å². The van der Waals surface area contributed by atoms with Crippen LogP contribution in [0.4, 0.5) is 8.78 Å². The third kappa shape index (κ3) is 5.76. The Labute approximate surface area is 272 Å². The Balaban J connectivity index is 1.44. The molecule has 0 aromatic heterocycles. The highest BCUT2D eigenvalue weighted by molar-refractivity contribution is 7.87. The minimum atomic E-state index is -2.54. The van der Waals surface area contributed by atoms with Gasteiger partial charge in [-0.15, -0.1) is 0 Å². The molecule has 0 amide bonds. The maximum Gasteiger partial charge on any atom is 0.161 e. The summed E-state index contributed by atoms with van der Waals surface area (Å²) in [5.41, 5.74) is 2.35. The van der Waals surface area contributed by atoms with Gasteiger partial charge in [-0.25, -0.2) is 8.78 Å². The van der Waals surface area contributed by atoms with Crippen molar-refractivity contribution in [2.75, 3.05) is 33.0 Å². The third-order valence-corrected chi connectivity index (χ3v) is 17.4. The van der Waals surface area contributed by atoms with Gasteiger partial charge in [-0.2, -0.15) is 11.1 Å². The Bertz CT molecular complexity index is 1590. The van der Waals surface area contributed by atoms with Crippen molar-refractivity contribution in [3.63, 3.8) is 0 Å². The molecule has 0 radical (unpaired) electrons. The van der Waals surface area contributed by atoms with Gasteiger partial charge in [-0.05, 0) is 86.3 Å². The molecular weight excluding hydrogens is 622 g/mol. The summed E-state index contributed by atoms with van der Waals surface area (Å²) in [7, 11) is -4.16. The van der Waals surface area contributed by atoms with Crippen LogP contribution in [0.5, 0.6) is 23.0 Å². The highest BCUT2D eigenvalue weighted by Gasteiger charge is 2.56. The molecule has 1 fully saturated rings. The number of benzene rings is 4. The zero-order chi connectivity index (χ0) is 31.7. The average molecular weight is 662 g/mol. The van der Waals surface area contributed by atoms with E-state index in [-0.39, 0.29) is 23.0 Å². The van der Waals surface area contributed by atoms with E-state index in [9.17, 15) is 0 Å². The molecule has 0 aliphatic carbocycles. The van der Waals surface area contributed by atoms with Gasteiger partial charge in [0, 0.05) is 17.2 Å². The summed E-state index contributed by atoms with van der Waals surface area (Å²) in [5, 5.41) is 1.05. The summed E-state index contributed by atoms with van der Waals surface area (Å²) in [6.07, 6.45) is 3.59. The van der Waals surface area contributed by atoms with Crippen LogP contribution in [0, 0.1) is 18.3 Å². The van der Waals surface area contributed by atoms with Gasteiger partial charge in [-0.1, -0.05) is 49.7 Å². The fourth-order valence-electron chi connectivity index (χ4n) is 7.06. The van der Waals surface area contributed by atoms with Crippen molar-refractivity contribution < 1.29 is 27.7 Å². The lowest BCUT2D eigenvalue weighted by molar-refractivity contribution is 0.171. The second-order valence-corrected chi connectivity index (χ2v) is 17.9. The van der Waals surface area contributed by atoms with E-state index in [0.717, 1.165) is 59.8 Å². The van der Waals surface area contributed by atoms with E-state index in [1.807, 2.05) is 36.4 Å². The summed E-state index contributed by atoms with van der Waals surface area (Å²) in [6, 6.07) is 26.2. The van der Waals surface area contributed by atoms with Crippen LogP contribution >= 0.6 is 15.5 Å². The number of ether oxygens (including phenoxy) is 4. The first kappa shape index (κ1) is 31.4. The number of hydrogen-bond donors (Lipinski definition) is 0. The van der Waals surface area contributed by atoms with Gasteiger partial charge >= 0.3 is 0 Å². The molecule has 1 saturated heterocycles. The van der Waals surface area contributed by atoms with Gasteiger partial charge < -0.3 is 18.9 Å². The van der Waals surface area contributed by atoms with Crippen molar-refractivity contribution in [2.24, 2.45) is 0 Å². The fourth-order valence-corrected chi connectivity index (χ4v) is 16.0. The van der Waals surface area contributed by atoms with Gasteiger partial charge in [0.2, 0.25) is 0 Å². The van der Waals surface area contributed by atoms with Gasteiger partial charge in [0.1, 0.15) is 38.1 Å². The van der Waals surface area contributed by atoms with Gasteiger partial charge in [0.05, 0.1) is 19.4 Å². The molecule has 4 aromatic rings. The van der Waals surface area contributed by atoms with E-state index in [2.05, 4.69) is 35.6 Å². The number of unbranched alkanes of at least 4 members (excludes halogenated alkanes) is 1. The summed E-state index contributed by atoms with van der Waals surface area (Å²) >= 11 is 0. The van der Waals surface area contributed by atoms with Crippen molar-refractivity contribution in [3.05, 3.63) is 114 Å².